The summed E-state index contributed by atoms with van der Waals surface area (Å²) >= 11 is 0. The van der Waals surface area contributed by atoms with Crippen LogP contribution in [0, 0.1) is 23.2 Å². The highest BCUT2D eigenvalue weighted by molar-refractivity contribution is 5.27. The number of rotatable bonds is 2. The first-order chi connectivity index (χ1) is 8.00. The van der Waals surface area contributed by atoms with Crippen LogP contribution in [-0.4, -0.2) is 6.54 Å². The monoisotopic (exact) mass is 233 g/mol. The van der Waals surface area contributed by atoms with E-state index in [0.29, 0.717) is 5.41 Å². The number of nitrogens with one attached hydrogen (secondary N) is 1. The molecule has 1 fully saturated rings. The van der Waals surface area contributed by atoms with Crippen LogP contribution in [0.15, 0.2) is 23.9 Å². The van der Waals surface area contributed by atoms with Crippen LogP contribution in [0.2, 0.25) is 0 Å². The highest BCUT2D eigenvalue weighted by atomic mass is 14.8. The molecule has 0 saturated heterocycles. The second-order valence-electron chi connectivity index (χ2n) is 6.67. The number of hydrogen-bond donors (Lipinski definition) is 1. The molecule has 0 aromatic rings. The van der Waals surface area contributed by atoms with Crippen LogP contribution in [0.25, 0.3) is 0 Å². The smallest absolute Gasteiger partial charge is 0.0141 e. The van der Waals surface area contributed by atoms with Gasteiger partial charge in [0, 0.05) is 12.7 Å². The number of hydrogen-bond acceptors (Lipinski definition) is 1. The van der Waals surface area contributed by atoms with Crippen molar-refractivity contribution in [2.24, 2.45) is 23.2 Å². The highest BCUT2D eigenvalue weighted by Gasteiger charge is 2.32. The Hall–Kier alpha value is -0.720. The fourth-order valence-electron chi connectivity index (χ4n) is 3.29. The van der Waals surface area contributed by atoms with Crippen molar-refractivity contribution < 1.29 is 0 Å². The summed E-state index contributed by atoms with van der Waals surface area (Å²) in [5.74, 6) is 2.56. The fourth-order valence-corrected chi connectivity index (χ4v) is 3.29. The lowest BCUT2D eigenvalue weighted by molar-refractivity contribution is 0.148. The zero-order valence-electron chi connectivity index (χ0n) is 11.8. The molecule has 0 bridgehead atoms. The van der Waals surface area contributed by atoms with Crippen molar-refractivity contribution in [2.45, 2.75) is 47.0 Å². The van der Waals surface area contributed by atoms with Gasteiger partial charge in [-0.1, -0.05) is 39.8 Å². The molecule has 1 aliphatic carbocycles. The summed E-state index contributed by atoms with van der Waals surface area (Å²) in [6.07, 6.45) is 11.0. The zero-order valence-corrected chi connectivity index (χ0v) is 11.8. The Morgan fingerprint density at radius 3 is 2.65 bits per heavy atom. The third-order valence-corrected chi connectivity index (χ3v) is 4.72. The Bertz CT molecular complexity index is 316. The molecule has 96 valence electrons. The van der Waals surface area contributed by atoms with Gasteiger partial charge in [-0.2, -0.15) is 0 Å². The maximum absolute atomic E-state index is 3.42. The molecule has 2 atom stereocenters. The molecule has 1 N–H and O–H groups in total. The van der Waals surface area contributed by atoms with Gasteiger partial charge in [-0.25, -0.2) is 0 Å². The summed E-state index contributed by atoms with van der Waals surface area (Å²) in [6.45, 7) is 10.6. The molecular weight excluding hydrogens is 206 g/mol. The molecule has 2 unspecified atom stereocenters. The van der Waals surface area contributed by atoms with Crippen molar-refractivity contribution in [1.82, 2.24) is 5.32 Å². The molecule has 0 spiro atoms. The van der Waals surface area contributed by atoms with Crippen molar-refractivity contribution in [3.8, 4) is 0 Å². The van der Waals surface area contributed by atoms with E-state index >= 15 is 0 Å². The second-order valence-corrected chi connectivity index (χ2v) is 6.67. The molecule has 17 heavy (non-hydrogen) atoms. The maximum atomic E-state index is 3.42. The minimum Gasteiger partial charge on any atom is -0.391 e. The predicted molar refractivity (Wildman–Crippen MR) is 74.7 cm³/mol. The van der Waals surface area contributed by atoms with Crippen LogP contribution >= 0.6 is 0 Å². The van der Waals surface area contributed by atoms with Crippen LogP contribution in [-0.2, 0) is 0 Å². The van der Waals surface area contributed by atoms with Gasteiger partial charge in [-0.05, 0) is 48.0 Å². The number of allylic oxidation sites excluding steroid dienone is 3. The van der Waals surface area contributed by atoms with Crippen LogP contribution in [0.1, 0.15) is 47.0 Å². The summed E-state index contributed by atoms with van der Waals surface area (Å²) in [5, 5.41) is 3.42. The average Bonchev–Trinajstić information content (AvgIpc) is 2.41. The Balaban J connectivity index is 2.05. The summed E-state index contributed by atoms with van der Waals surface area (Å²) in [7, 11) is 0. The van der Waals surface area contributed by atoms with Crippen LogP contribution in [0.4, 0.5) is 0 Å². The third kappa shape index (κ3) is 2.75. The Labute approximate surface area is 106 Å². The van der Waals surface area contributed by atoms with E-state index in [9.17, 15) is 0 Å². The van der Waals surface area contributed by atoms with Crippen molar-refractivity contribution in [2.75, 3.05) is 6.54 Å². The Morgan fingerprint density at radius 1 is 1.29 bits per heavy atom. The van der Waals surface area contributed by atoms with Gasteiger partial charge < -0.3 is 5.32 Å². The zero-order chi connectivity index (χ0) is 12.5. The molecule has 1 aliphatic heterocycles. The van der Waals surface area contributed by atoms with E-state index in [2.05, 4.69) is 51.4 Å². The Morgan fingerprint density at radius 2 is 2.00 bits per heavy atom. The normalized spacial score (nSPS) is 36.9. The molecule has 2 rings (SSSR count). The van der Waals surface area contributed by atoms with Crippen LogP contribution < -0.4 is 5.32 Å². The van der Waals surface area contributed by atoms with Crippen molar-refractivity contribution in [1.29, 1.82) is 0 Å². The highest BCUT2D eigenvalue weighted by Crippen LogP contribution is 2.41. The molecule has 0 radical (unpaired) electrons. The lowest BCUT2D eigenvalue weighted by atomic mass is 9.66. The largest absolute Gasteiger partial charge is 0.391 e. The molecule has 1 heteroatoms. The average molecular weight is 233 g/mol. The summed E-state index contributed by atoms with van der Waals surface area (Å²) in [5.41, 5.74) is 1.80. The first-order valence-electron chi connectivity index (χ1n) is 7.13. The van der Waals surface area contributed by atoms with Gasteiger partial charge >= 0.3 is 0 Å². The SMILES string of the molecule is CC1CC(C)C1/C=C\C1=CNCCCC1(C)C. The summed E-state index contributed by atoms with van der Waals surface area (Å²) in [4.78, 5) is 0. The lowest BCUT2D eigenvalue weighted by Crippen LogP contribution is -2.31. The predicted octanol–water partition coefficient (Wildman–Crippen LogP) is 4.13. The van der Waals surface area contributed by atoms with E-state index in [4.69, 9.17) is 0 Å². The quantitative estimate of drug-likeness (QED) is 0.756. The van der Waals surface area contributed by atoms with Gasteiger partial charge in [-0.3, -0.25) is 0 Å². The van der Waals surface area contributed by atoms with E-state index in [-0.39, 0.29) is 0 Å². The van der Waals surface area contributed by atoms with Gasteiger partial charge in [0.25, 0.3) is 0 Å². The van der Waals surface area contributed by atoms with Crippen molar-refractivity contribution >= 4 is 0 Å². The van der Waals surface area contributed by atoms with Crippen LogP contribution in [0.3, 0.4) is 0 Å². The fraction of sp³-hybridized carbons (Fsp3) is 0.750. The van der Waals surface area contributed by atoms with Gasteiger partial charge in [0.15, 0.2) is 0 Å². The van der Waals surface area contributed by atoms with E-state index in [1.165, 1.54) is 24.8 Å². The topological polar surface area (TPSA) is 12.0 Å². The van der Waals surface area contributed by atoms with Crippen molar-refractivity contribution in [3.63, 3.8) is 0 Å². The van der Waals surface area contributed by atoms with E-state index < -0.39 is 0 Å². The van der Waals surface area contributed by atoms with Gasteiger partial charge in [0.1, 0.15) is 0 Å². The molecule has 1 heterocycles. The maximum Gasteiger partial charge on any atom is 0.0141 e. The minimum atomic E-state index is 0.330. The molecule has 1 nitrogen and oxygen atoms in total. The van der Waals surface area contributed by atoms with Gasteiger partial charge in [0.2, 0.25) is 0 Å². The molecule has 0 aromatic carbocycles. The molecule has 1 saturated carbocycles. The minimum absolute atomic E-state index is 0.330. The van der Waals surface area contributed by atoms with Crippen molar-refractivity contribution in [3.05, 3.63) is 23.9 Å². The van der Waals surface area contributed by atoms with E-state index in [1.807, 2.05) is 0 Å². The molecule has 2 aliphatic rings. The van der Waals surface area contributed by atoms with E-state index in [1.54, 1.807) is 0 Å². The summed E-state index contributed by atoms with van der Waals surface area (Å²) in [6, 6.07) is 0. The molecular formula is C16H27N. The van der Waals surface area contributed by atoms with Crippen LogP contribution in [0.5, 0.6) is 0 Å². The molecule has 0 amide bonds. The van der Waals surface area contributed by atoms with Gasteiger partial charge in [0.05, 0.1) is 0 Å². The van der Waals surface area contributed by atoms with Gasteiger partial charge in [-0.15, -0.1) is 0 Å². The first kappa shape index (κ1) is 12.7. The summed E-state index contributed by atoms with van der Waals surface area (Å²) < 4.78 is 0. The Kier molecular flexibility index (Phi) is 3.65. The third-order valence-electron chi connectivity index (χ3n) is 4.72. The standard InChI is InChI=1S/C16H27N/c1-12-10-13(2)15(12)7-6-14-11-17-9-5-8-16(14,3)4/h6-7,11-13,15,17H,5,8-10H2,1-4H3/b7-6-. The van der Waals surface area contributed by atoms with E-state index in [0.717, 1.165) is 24.3 Å². The first-order valence-corrected chi connectivity index (χ1v) is 7.13. The second kappa shape index (κ2) is 4.88. The lowest BCUT2D eigenvalue weighted by Gasteiger charge is -2.39. The molecule has 0 aromatic heterocycles.